The van der Waals surface area contributed by atoms with E-state index in [9.17, 15) is 0 Å². The third-order valence-electron chi connectivity index (χ3n) is 3.61. The number of aryl methyl sites for hydroxylation is 2. The molecule has 2 rings (SSSR count). The Hall–Kier alpha value is -2.29. The van der Waals surface area contributed by atoms with E-state index in [0.29, 0.717) is 0 Å². The van der Waals surface area contributed by atoms with Crippen LogP contribution >= 0.6 is 0 Å². The topological polar surface area (TPSA) is 53.1 Å². The van der Waals surface area contributed by atoms with Crippen molar-refractivity contribution in [2.45, 2.75) is 20.4 Å². The van der Waals surface area contributed by atoms with Crippen LogP contribution in [0.3, 0.4) is 0 Å². The molecule has 0 bridgehead atoms. The summed E-state index contributed by atoms with van der Waals surface area (Å²) < 4.78 is 0. The van der Waals surface area contributed by atoms with E-state index in [1.165, 1.54) is 16.7 Å². The van der Waals surface area contributed by atoms with Gasteiger partial charge in [-0.3, -0.25) is 5.41 Å². The summed E-state index contributed by atoms with van der Waals surface area (Å²) in [7, 11) is 2.07. The first-order chi connectivity index (χ1) is 9.47. The summed E-state index contributed by atoms with van der Waals surface area (Å²) >= 11 is 0. The first kappa shape index (κ1) is 14.1. The van der Waals surface area contributed by atoms with Gasteiger partial charge in [-0.25, -0.2) is 0 Å². The molecule has 0 saturated heterocycles. The Morgan fingerprint density at radius 2 is 1.70 bits per heavy atom. The van der Waals surface area contributed by atoms with Crippen LogP contribution in [0.1, 0.15) is 22.3 Å². The smallest absolute Gasteiger partial charge is 0.122 e. The summed E-state index contributed by atoms with van der Waals surface area (Å²) in [4.78, 5) is 2.19. The molecule has 0 fully saturated rings. The highest BCUT2D eigenvalue weighted by Gasteiger charge is 2.04. The van der Waals surface area contributed by atoms with E-state index in [2.05, 4.69) is 44.0 Å². The molecule has 3 nitrogen and oxygen atoms in total. The zero-order chi connectivity index (χ0) is 14.7. The van der Waals surface area contributed by atoms with Gasteiger partial charge in [0.25, 0.3) is 0 Å². The number of rotatable bonds is 4. The lowest BCUT2D eigenvalue weighted by molar-refractivity contribution is 0.920. The second-order valence-electron chi connectivity index (χ2n) is 5.24. The maximum Gasteiger partial charge on any atom is 0.122 e. The molecular weight excluding hydrogens is 246 g/mol. The van der Waals surface area contributed by atoms with Gasteiger partial charge in [-0.15, -0.1) is 0 Å². The van der Waals surface area contributed by atoms with Gasteiger partial charge in [-0.2, -0.15) is 0 Å². The lowest BCUT2D eigenvalue weighted by atomic mass is 10.1. The van der Waals surface area contributed by atoms with Crippen LogP contribution in [0.5, 0.6) is 0 Å². The Bertz CT molecular complexity index is 615. The lowest BCUT2D eigenvalue weighted by Gasteiger charge is -2.20. The molecule has 0 spiro atoms. The average Bonchev–Trinajstić information content (AvgIpc) is 2.43. The second-order valence-corrected chi connectivity index (χ2v) is 5.24. The zero-order valence-corrected chi connectivity index (χ0v) is 12.3. The molecule has 0 heterocycles. The molecule has 0 aliphatic rings. The van der Waals surface area contributed by atoms with Crippen molar-refractivity contribution in [3.8, 4) is 0 Å². The predicted molar refractivity (Wildman–Crippen MR) is 85.5 cm³/mol. The molecular formula is C17H21N3. The van der Waals surface area contributed by atoms with Crippen LogP contribution in [0.25, 0.3) is 0 Å². The van der Waals surface area contributed by atoms with Gasteiger partial charge in [0.05, 0.1) is 0 Å². The maximum atomic E-state index is 7.40. The number of amidine groups is 1. The highest BCUT2D eigenvalue weighted by molar-refractivity contribution is 5.95. The molecule has 0 radical (unpaired) electrons. The van der Waals surface area contributed by atoms with Crippen LogP contribution in [0.15, 0.2) is 42.5 Å². The van der Waals surface area contributed by atoms with E-state index in [0.717, 1.165) is 17.8 Å². The minimum absolute atomic E-state index is 0.105. The van der Waals surface area contributed by atoms with Gasteiger partial charge in [0.1, 0.15) is 5.84 Å². The molecule has 3 N–H and O–H groups in total. The Morgan fingerprint density at radius 3 is 2.25 bits per heavy atom. The Labute approximate surface area is 120 Å². The van der Waals surface area contributed by atoms with E-state index < -0.39 is 0 Å². The van der Waals surface area contributed by atoms with E-state index in [1.54, 1.807) is 0 Å². The molecule has 3 heteroatoms. The minimum atomic E-state index is 0.105. The normalized spacial score (nSPS) is 10.3. The molecule has 2 aromatic rings. The molecule has 0 aliphatic carbocycles. The number of hydrogen-bond acceptors (Lipinski definition) is 2. The van der Waals surface area contributed by atoms with Crippen LogP contribution in [0.4, 0.5) is 5.69 Å². The first-order valence-electron chi connectivity index (χ1n) is 6.69. The lowest BCUT2D eigenvalue weighted by Crippen LogP contribution is -2.17. The number of nitrogens with zero attached hydrogens (tertiary/aromatic N) is 1. The van der Waals surface area contributed by atoms with E-state index in [-0.39, 0.29) is 5.84 Å². The van der Waals surface area contributed by atoms with Crippen molar-refractivity contribution in [2.24, 2.45) is 5.73 Å². The number of nitrogen functional groups attached to an aromatic ring is 1. The van der Waals surface area contributed by atoms with E-state index in [4.69, 9.17) is 11.1 Å². The molecule has 0 amide bonds. The van der Waals surface area contributed by atoms with Crippen molar-refractivity contribution in [1.29, 1.82) is 5.41 Å². The summed E-state index contributed by atoms with van der Waals surface area (Å²) in [5.41, 5.74) is 11.3. The Kier molecular flexibility index (Phi) is 4.08. The Morgan fingerprint density at radius 1 is 1.05 bits per heavy atom. The van der Waals surface area contributed by atoms with Crippen LogP contribution in [0, 0.1) is 19.3 Å². The average molecular weight is 267 g/mol. The maximum absolute atomic E-state index is 7.40. The van der Waals surface area contributed by atoms with Crippen molar-refractivity contribution < 1.29 is 0 Å². The largest absolute Gasteiger partial charge is 0.384 e. The molecule has 2 aromatic carbocycles. The third kappa shape index (κ3) is 3.18. The highest BCUT2D eigenvalue weighted by atomic mass is 15.1. The standard InChI is InChI=1S/C17H21N3/c1-12-4-5-14(10-13(12)2)11-20(3)16-8-6-15(7-9-16)17(18)19/h4-10H,11H2,1-3H3,(H3,18,19). The van der Waals surface area contributed by atoms with Gasteiger partial charge in [-0.1, -0.05) is 18.2 Å². The van der Waals surface area contributed by atoms with Gasteiger partial charge >= 0.3 is 0 Å². The molecule has 0 aromatic heterocycles. The van der Waals surface area contributed by atoms with E-state index >= 15 is 0 Å². The first-order valence-corrected chi connectivity index (χ1v) is 6.69. The molecule has 0 unspecified atom stereocenters. The number of anilines is 1. The van der Waals surface area contributed by atoms with E-state index in [1.807, 2.05) is 24.3 Å². The fourth-order valence-electron chi connectivity index (χ4n) is 2.16. The van der Waals surface area contributed by atoms with Gasteiger partial charge in [-0.05, 0) is 54.8 Å². The highest BCUT2D eigenvalue weighted by Crippen LogP contribution is 2.18. The third-order valence-corrected chi connectivity index (χ3v) is 3.61. The van der Waals surface area contributed by atoms with Crippen molar-refractivity contribution in [1.82, 2.24) is 0 Å². The molecule has 104 valence electrons. The number of nitrogens with one attached hydrogen (secondary N) is 1. The quantitative estimate of drug-likeness (QED) is 0.660. The molecule has 20 heavy (non-hydrogen) atoms. The summed E-state index contributed by atoms with van der Waals surface area (Å²) in [5, 5.41) is 7.40. The van der Waals surface area contributed by atoms with Gasteiger partial charge < -0.3 is 10.6 Å². The van der Waals surface area contributed by atoms with Crippen LogP contribution in [-0.4, -0.2) is 12.9 Å². The van der Waals surface area contributed by atoms with Crippen molar-refractivity contribution >= 4 is 11.5 Å². The summed E-state index contributed by atoms with van der Waals surface area (Å²) in [5.74, 6) is 0.105. The Balaban J connectivity index is 2.12. The number of benzene rings is 2. The SMILES string of the molecule is Cc1ccc(CN(C)c2ccc(C(=N)N)cc2)cc1C. The monoisotopic (exact) mass is 267 g/mol. The molecule has 0 atom stereocenters. The number of hydrogen-bond donors (Lipinski definition) is 2. The van der Waals surface area contributed by atoms with Gasteiger partial charge in [0.2, 0.25) is 0 Å². The summed E-state index contributed by atoms with van der Waals surface area (Å²) in [6.07, 6.45) is 0. The van der Waals surface area contributed by atoms with Crippen molar-refractivity contribution in [3.63, 3.8) is 0 Å². The predicted octanol–water partition coefficient (Wildman–Crippen LogP) is 3.22. The number of nitrogens with two attached hydrogens (primary N) is 1. The summed E-state index contributed by atoms with van der Waals surface area (Å²) in [6.45, 7) is 5.13. The van der Waals surface area contributed by atoms with Crippen LogP contribution in [-0.2, 0) is 6.54 Å². The zero-order valence-electron chi connectivity index (χ0n) is 12.3. The van der Waals surface area contributed by atoms with Gasteiger partial charge in [0.15, 0.2) is 0 Å². The fourth-order valence-corrected chi connectivity index (χ4v) is 2.16. The molecule has 0 aliphatic heterocycles. The van der Waals surface area contributed by atoms with Crippen LogP contribution in [0.2, 0.25) is 0 Å². The van der Waals surface area contributed by atoms with Crippen molar-refractivity contribution in [2.75, 3.05) is 11.9 Å². The molecule has 0 saturated carbocycles. The second kappa shape index (κ2) is 5.78. The minimum Gasteiger partial charge on any atom is -0.384 e. The van der Waals surface area contributed by atoms with Crippen LogP contribution < -0.4 is 10.6 Å². The van der Waals surface area contributed by atoms with Crippen molar-refractivity contribution in [3.05, 3.63) is 64.7 Å². The summed E-state index contributed by atoms with van der Waals surface area (Å²) in [6, 6.07) is 14.3. The van der Waals surface area contributed by atoms with Gasteiger partial charge in [0, 0.05) is 24.8 Å². The fraction of sp³-hybridized carbons (Fsp3) is 0.235.